The van der Waals surface area contributed by atoms with Gasteiger partial charge in [0.2, 0.25) is 0 Å². The van der Waals surface area contributed by atoms with E-state index >= 15 is 0 Å². The van der Waals surface area contributed by atoms with Crippen molar-refractivity contribution in [3.05, 3.63) is 35.9 Å². The third-order valence-electron chi connectivity index (χ3n) is 1.57. The SMILES string of the molecule is BrCC(c1ccccc1)P(Br)Br. The Morgan fingerprint density at radius 2 is 1.75 bits per heavy atom. The van der Waals surface area contributed by atoms with E-state index in [9.17, 15) is 0 Å². The Bertz CT molecular complexity index is 225. The maximum absolute atomic E-state index is 3.59. The zero-order valence-corrected chi connectivity index (χ0v) is 11.9. The van der Waals surface area contributed by atoms with Crippen molar-refractivity contribution in [1.29, 1.82) is 0 Å². The van der Waals surface area contributed by atoms with Crippen LogP contribution in [0.15, 0.2) is 30.3 Å². The van der Waals surface area contributed by atoms with Crippen LogP contribution >= 0.6 is 52.2 Å². The van der Waals surface area contributed by atoms with Crippen LogP contribution in [0.5, 0.6) is 0 Å². The summed E-state index contributed by atoms with van der Waals surface area (Å²) in [4.78, 5) is 0. The van der Waals surface area contributed by atoms with Crippen molar-refractivity contribution >= 4 is 52.2 Å². The highest BCUT2D eigenvalue weighted by Crippen LogP contribution is 2.64. The summed E-state index contributed by atoms with van der Waals surface area (Å²) < 4.78 is 0. The summed E-state index contributed by atoms with van der Waals surface area (Å²) in [6.45, 7) is 0. The standard InChI is InChI=1S/C8H8Br3P/c9-6-8(12(10)11)7-4-2-1-3-5-7/h1-5,8H,6H2. The summed E-state index contributed by atoms with van der Waals surface area (Å²) in [5.74, 6) is 0. The first-order chi connectivity index (χ1) is 5.75. The van der Waals surface area contributed by atoms with Crippen LogP contribution in [0.1, 0.15) is 11.2 Å². The average Bonchev–Trinajstić information content (AvgIpc) is 2.07. The van der Waals surface area contributed by atoms with Crippen LogP contribution in [0.4, 0.5) is 0 Å². The third-order valence-corrected chi connectivity index (χ3v) is 6.63. The quantitative estimate of drug-likeness (QED) is 0.502. The molecule has 1 unspecified atom stereocenters. The van der Waals surface area contributed by atoms with E-state index in [2.05, 4.69) is 71.2 Å². The molecule has 0 aromatic heterocycles. The van der Waals surface area contributed by atoms with Gasteiger partial charge >= 0.3 is 0 Å². The van der Waals surface area contributed by atoms with Crippen molar-refractivity contribution in [1.82, 2.24) is 0 Å². The number of halogens is 3. The molecule has 1 atom stereocenters. The molecule has 0 fully saturated rings. The van der Waals surface area contributed by atoms with Crippen molar-refractivity contribution in [3.63, 3.8) is 0 Å². The van der Waals surface area contributed by atoms with Gasteiger partial charge in [-0.1, -0.05) is 46.3 Å². The molecule has 66 valence electrons. The molecule has 0 saturated heterocycles. The fourth-order valence-corrected chi connectivity index (χ4v) is 7.29. The lowest BCUT2D eigenvalue weighted by atomic mass is 10.2. The molecule has 1 aromatic carbocycles. The number of benzene rings is 1. The zero-order chi connectivity index (χ0) is 8.97. The van der Waals surface area contributed by atoms with Gasteiger partial charge in [-0.15, -0.1) is 0 Å². The van der Waals surface area contributed by atoms with E-state index in [0.29, 0.717) is 5.66 Å². The summed E-state index contributed by atoms with van der Waals surface area (Å²) in [5.41, 5.74) is 1.91. The Morgan fingerprint density at radius 3 is 2.17 bits per heavy atom. The number of hydrogen-bond acceptors (Lipinski definition) is 0. The van der Waals surface area contributed by atoms with Gasteiger partial charge < -0.3 is 0 Å². The van der Waals surface area contributed by atoms with Crippen molar-refractivity contribution < 1.29 is 0 Å². The molecule has 0 nitrogen and oxygen atoms in total. The molecule has 0 spiro atoms. The minimum absolute atomic E-state index is 0.262. The monoisotopic (exact) mass is 372 g/mol. The van der Waals surface area contributed by atoms with Crippen LogP contribution in [0.3, 0.4) is 0 Å². The molecule has 0 aliphatic heterocycles. The van der Waals surface area contributed by atoms with Crippen LogP contribution in [0, 0.1) is 0 Å². The predicted molar refractivity (Wildman–Crippen MR) is 67.8 cm³/mol. The highest BCUT2D eigenvalue weighted by molar-refractivity contribution is 9.69. The number of alkyl halides is 1. The van der Waals surface area contributed by atoms with Crippen LogP contribution in [0.25, 0.3) is 0 Å². The number of hydrogen-bond donors (Lipinski definition) is 0. The molecule has 1 aromatic rings. The lowest BCUT2D eigenvalue weighted by molar-refractivity contribution is 1.13. The van der Waals surface area contributed by atoms with Crippen LogP contribution in [-0.4, -0.2) is 5.33 Å². The van der Waals surface area contributed by atoms with E-state index < -0.39 is 0 Å². The average molecular weight is 375 g/mol. The van der Waals surface area contributed by atoms with Gasteiger partial charge in [0.05, 0.1) is 0 Å². The minimum atomic E-state index is -0.262. The molecule has 0 saturated carbocycles. The van der Waals surface area contributed by atoms with E-state index in [0.717, 1.165) is 5.33 Å². The Kier molecular flexibility index (Phi) is 5.34. The first-order valence-electron chi connectivity index (χ1n) is 3.47. The fourth-order valence-electron chi connectivity index (χ4n) is 0.929. The first kappa shape index (κ1) is 11.2. The van der Waals surface area contributed by atoms with Gasteiger partial charge in [0.1, 0.15) is 0 Å². The second kappa shape index (κ2) is 5.74. The summed E-state index contributed by atoms with van der Waals surface area (Å²) in [7, 11) is 0. The molecule has 12 heavy (non-hydrogen) atoms. The van der Waals surface area contributed by atoms with E-state index in [1.165, 1.54) is 5.56 Å². The summed E-state index contributed by atoms with van der Waals surface area (Å²) in [5, 5.41) is 0.723. The van der Waals surface area contributed by atoms with Gasteiger partial charge in [-0.25, -0.2) is 0 Å². The Labute approximate surface area is 98.5 Å². The maximum Gasteiger partial charge on any atom is 0.0431 e. The second-order valence-corrected chi connectivity index (χ2v) is 11.6. The molecule has 1 rings (SSSR count). The van der Waals surface area contributed by atoms with Crippen molar-refractivity contribution in [3.8, 4) is 0 Å². The Hall–Kier alpha value is 1.09. The molecular formula is C8H8Br3P. The molecule has 0 aliphatic carbocycles. The van der Waals surface area contributed by atoms with Crippen LogP contribution in [-0.2, 0) is 0 Å². The Balaban J connectivity index is 2.80. The van der Waals surface area contributed by atoms with E-state index in [1.807, 2.05) is 6.07 Å². The fraction of sp³-hybridized carbons (Fsp3) is 0.250. The van der Waals surface area contributed by atoms with Gasteiger partial charge in [-0.2, -0.15) is 0 Å². The van der Waals surface area contributed by atoms with Crippen molar-refractivity contribution in [2.45, 2.75) is 5.66 Å². The van der Waals surface area contributed by atoms with E-state index in [1.54, 1.807) is 0 Å². The molecule has 0 aliphatic rings. The predicted octanol–water partition coefficient (Wildman–Crippen LogP) is 5.22. The van der Waals surface area contributed by atoms with Gasteiger partial charge in [0.15, 0.2) is 0 Å². The first-order valence-corrected chi connectivity index (χ1v) is 10.0. The molecule has 0 N–H and O–H groups in total. The largest absolute Gasteiger partial charge is 0.0917 e. The van der Waals surface area contributed by atoms with Crippen molar-refractivity contribution in [2.75, 3.05) is 5.33 Å². The molecule has 0 heterocycles. The molecule has 4 heteroatoms. The zero-order valence-electron chi connectivity index (χ0n) is 6.25. The van der Waals surface area contributed by atoms with Crippen molar-refractivity contribution in [2.24, 2.45) is 0 Å². The lowest BCUT2D eigenvalue weighted by Crippen LogP contribution is -1.92. The summed E-state index contributed by atoms with van der Waals surface area (Å²) >= 11 is 10.7. The molecule has 0 amide bonds. The lowest BCUT2D eigenvalue weighted by Gasteiger charge is -2.15. The van der Waals surface area contributed by atoms with Gasteiger partial charge in [-0.3, -0.25) is 0 Å². The van der Waals surface area contributed by atoms with Gasteiger partial charge in [-0.05, 0) is 36.5 Å². The normalized spacial score (nSPS) is 13.3. The highest BCUT2D eigenvalue weighted by atomic mass is 79.9. The summed E-state index contributed by atoms with van der Waals surface area (Å²) in [6, 6.07) is 10.5. The van der Waals surface area contributed by atoms with Crippen LogP contribution in [0.2, 0.25) is 0 Å². The Morgan fingerprint density at radius 1 is 1.17 bits per heavy atom. The van der Waals surface area contributed by atoms with Crippen LogP contribution < -0.4 is 0 Å². The molecular weight excluding hydrogens is 367 g/mol. The van der Waals surface area contributed by atoms with E-state index in [-0.39, 0.29) is 5.33 Å². The van der Waals surface area contributed by atoms with Gasteiger partial charge in [0, 0.05) is 16.3 Å². The third kappa shape index (κ3) is 3.10. The molecule has 0 bridgehead atoms. The smallest absolute Gasteiger partial charge is 0.0431 e. The minimum Gasteiger partial charge on any atom is -0.0917 e. The number of rotatable bonds is 3. The maximum atomic E-state index is 3.59. The van der Waals surface area contributed by atoms with E-state index in [4.69, 9.17) is 0 Å². The highest BCUT2D eigenvalue weighted by Gasteiger charge is 2.16. The topological polar surface area (TPSA) is 0 Å². The molecule has 0 radical (unpaired) electrons. The van der Waals surface area contributed by atoms with Gasteiger partial charge in [0.25, 0.3) is 0 Å². The summed E-state index contributed by atoms with van der Waals surface area (Å²) in [6.07, 6.45) is 0. The second-order valence-electron chi connectivity index (χ2n) is 2.34.